The van der Waals surface area contributed by atoms with Crippen LogP contribution in [-0.4, -0.2) is 28.8 Å². The van der Waals surface area contributed by atoms with Crippen LogP contribution in [0.25, 0.3) is 0 Å². The molecule has 0 saturated heterocycles. The Morgan fingerprint density at radius 2 is 1.95 bits per heavy atom. The lowest BCUT2D eigenvalue weighted by Gasteiger charge is -2.17. The summed E-state index contributed by atoms with van der Waals surface area (Å²) in [4.78, 5) is 6.13. The van der Waals surface area contributed by atoms with Crippen LogP contribution in [0.15, 0.2) is 24.4 Å². The molecule has 0 saturated carbocycles. The first-order valence-corrected chi connectivity index (χ1v) is 6.73. The second-order valence-corrected chi connectivity index (χ2v) is 4.63. The minimum Gasteiger partial charge on any atom is -0.358 e. The molecule has 0 aliphatic carbocycles. The van der Waals surface area contributed by atoms with E-state index >= 15 is 0 Å². The van der Waals surface area contributed by atoms with Crippen molar-refractivity contribution in [2.24, 2.45) is 0 Å². The van der Waals surface area contributed by atoms with E-state index in [4.69, 9.17) is 0 Å². The van der Waals surface area contributed by atoms with Crippen LogP contribution in [-0.2, 0) is 0 Å². The highest BCUT2D eigenvalue weighted by atomic mass is 19.1. The number of anilines is 3. The van der Waals surface area contributed by atoms with Crippen LogP contribution in [0.3, 0.4) is 0 Å². The van der Waals surface area contributed by atoms with Crippen LogP contribution in [0.1, 0.15) is 19.8 Å². The lowest BCUT2D eigenvalue weighted by atomic mass is 10.3. The van der Waals surface area contributed by atoms with Crippen molar-refractivity contribution in [1.29, 1.82) is 0 Å². The number of para-hydroxylation sites is 1. The Morgan fingerprint density at radius 1 is 1.24 bits per heavy atom. The van der Waals surface area contributed by atoms with Gasteiger partial charge in [-0.3, -0.25) is 0 Å². The molecular formula is C14H17F2N5. The highest BCUT2D eigenvalue weighted by Gasteiger charge is 2.11. The summed E-state index contributed by atoms with van der Waals surface area (Å²) >= 11 is 0. The van der Waals surface area contributed by atoms with Crippen LogP contribution in [0, 0.1) is 11.6 Å². The predicted molar refractivity (Wildman–Crippen MR) is 77.6 cm³/mol. The van der Waals surface area contributed by atoms with Gasteiger partial charge in [-0.1, -0.05) is 19.4 Å². The minimum atomic E-state index is -0.705. The molecule has 1 aromatic carbocycles. The van der Waals surface area contributed by atoms with Crippen LogP contribution in [0.5, 0.6) is 0 Å². The van der Waals surface area contributed by atoms with Gasteiger partial charge in [0, 0.05) is 13.6 Å². The molecular weight excluding hydrogens is 276 g/mol. The average molecular weight is 293 g/mol. The van der Waals surface area contributed by atoms with Crippen molar-refractivity contribution in [3.63, 3.8) is 0 Å². The summed E-state index contributed by atoms with van der Waals surface area (Å²) in [5.41, 5.74) is -0.285. The first kappa shape index (κ1) is 15.1. The molecule has 5 nitrogen and oxygen atoms in total. The first-order chi connectivity index (χ1) is 10.1. The largest absolute Gasteiger partial charge is 0.358 e. The maximum Gasteiger partial charge on any atom is 0.249 e. The molecule has 7 heteroatoms. The summed E-state index contributed by atoms with van der Waals surface area (Å²) in [5.74, 6) is -0.760. The summed E-state index contributed by atoms with van der Waals surface area (Å²) < 4.78 is 27.1. The third-order valence-corrected chi connectivity index (χ3v) is 2.98. The fraction of sp³-hybridized carbons (Fsp3) is 0.357. The Kier molecular flexibility index (Phi) is 4.97. The van der Waals surface area contributed by atoms with Crippen LogP contribution >= 0.6 is 0 Å². The highest BCUT2D eigenvalue weighted by Crippen LogP contribution is 2.21. The Labute approximate surface area is 122 Å². The van der Waals surface area contributed by atoms with Gasteiger partial charge < -0.3 is 10.2 Å². The van der Waals surface area contributed by atoms with Gasteiger partial charge in [0.1, 0.15) is 17.3 Å². The highest BCUT2D eigenvalue weighted by molar-refractivity contribution is 5.55. The second kappa shape index (κ2) is 6.92. The maximum absolute atomic E-state index is 13.6. The second-order valence-electron chi connectivity index (χ2n) is 4.63. The molecule has 0 aliphatic rings. The van der Waals surface area contributed by atoms with E-state index in [9.17, 15) is 8.78 Å². The normalized spacial score (nSPS) is 10.5. The van der Waals surface area contributed by atoms with E-state index in [2.05, 4.69) is 27.4 Å². The van der Waals surface area contributed by atoms with E-state index in [-0.39, 0.29) is 11.6 Å². The molecule has 0 unspecified atom stereocenters. The SMILES string of the molecule is CCCCN(C)c1cnnc(Nc2c(F)cccc2F)n1. The van der Waals surface area contributed by atoms with Gasteiger partial charge in [-0.2, -0.15) is 10.1 Å². The topological polar surface area (TPSA) is 53.9 Å². The molecule has 1 heterocycles. The molecule has 0 fully saturated rings. The van der Waals surface area contributed by atoms with Gasteiger partial charge in [-0.25, -0.2) is 8.78 Å². The van der Waals surface area contributed by atoms with Crippen molar-refractivity contribution >= 4 is 17.5 Å². The van der Waals surface area contributed by atoms with Gasteiger partial charge in [-0.05, 0) is 18.6 Å². The number of rotatable bonds is 6. The zero-order valence-corrected chi connectivity index (χ0v) is 12.0. The van der Waals surface area contributed by atoms with Crippen molar-refractivity contribution < 1.29 is 8.78 Å². The number of aromatic nitrogens is 3. The number of benzene rings is 1. The van der Waals surface area contributed by atoms with E-state index in [0.717, 1.165) is 31.5 Å². The summed E-state index contributed by atoms with van der Waals surface area (Å²) in [6, 6.07) is 3.62. The Bertz CT molecular complexity index is 585. The van der Waals surface area contributed by atoms with E-state index < -0.39 is 11.6 Å². The molecule has 2 rings (SSSR count). The van der Waals surface area contributed by atoms with E-state index in [1.165, 1.54) is 12.3 Å². The summed E-state index contributed by atoms with van der Waals surface area (Å²) in [6.45, 7) is 2.92. The maximum atomic E-state index is 13.6. The zero-order chi connectivity index (χ0) is 15.2. The minimum absolute atomic E-state index is 0.0554. The Morgan fingerprint density at radius 3 is 2.62 bits per heavy atom. The molecule has 0 atom stereocenters. The summed E-state index contributed by atoms with van der Waals surface area (Å²) in [6.07, 6.45) is 3.60. The Hall–Kier alpha value is -2.31. The van der Waals surface area contributed by atoms with Crippen LogP contribution in [0.4, 0.5) is 26.2 Å². The molecule has 0 spiro atoms. The van der Waals surface area contributed by atoms with Crippen LogP contribution < -0.4 is 10.2 Å². The molecule has 0 bridgehead atoms. The Balaban J connectivity index is 2.18. The van der Waals surface area contributed by atoms with Crippen molar-refractivity contribution in [3.05, 3.63) is 36.0 Å². The number of nitrogens with one attached hydrogen (secondary N) is 1. The molecule has 0 amide bonds. The third-order valence-electron chi connectivity index (χ3n) is 2.98. The fourth-order valence-electron chi connectivity index (χ4n) is 1.77. The number of unbranched alkanes of at least 4 members (excludes halogenated alkanes) is 1. The predicted octanol–water partition coefficient (Wildman–Crippen LogP) is 3.13. The van der Waals surface area contributed by atoms with E-state index in [1.807, 2.05) is 11.9 Å². The molecule has 0 radical (unpaired) electrons. The van der Waals surface area contributed by atoms with Crippen molar-refractivity contribution in [1.82, 2.24) is 15.2 Å². The van der Waals surface area contributed by atoms with Gasteiger partial charge in [-0.15, -0.1) is 5.10 Å². The van der Waals surface area contributed by atoms with Gasteiger partial charge in [0.2, 0.25) is 5.95 Å². The number of hydrogen-bond donors (Lipinski definition) is 1. The molecule has 1 aromatic heterocycles. The van der Waals surface area contributed by atoms with Crippen LogP contribution in [0.2, 0.25) is 0 Å². The van der Waals surface area contributed by atoms with E-state index in [0.29, 0.717) is 5.82 Å². The quantitative estimate of drug-likeness (QED) is 0.886. The fourth-order valence-corrected chi connectivity index (χ4v) is 1.77. The third kappa shape index (κ3) is 3.84. The van der Waals surface area contributed by atoms with Crippen molar-refractivity contribution in [2.75, 3.05) is 23.8 Å². The lowest BCUT2D eigenvalue weighted by Crippen LogP contribution is -2.20. The monoisotopic (exact) mass is 293 g/mol. The van der Waals surface area contributed by atoms with Gasteiger partial charge in [0.05, 0.1) is 6.20 Å². The number of nitrogens with zero attached hydrogens (tertiary/aromatic N) is 4. The van der Waals surface area contributed by atoms with Gasteiger partial charge in [0.15, 0.2) is 5.82 Å². The van der Waals surface area contributed by atoms with Gasteiger partial charge >= 0.3 is 0 Å². The summed E-state index contributed by atoms with van der Waals surface area (Å²) in [7, 11) is 1.88. The van der Waals surface area contributed by atoms with E-state index in [1.54, 1.807) is 0 Å². The smallest absolute Gasteiger partial charge is 0.249 e. The molecule has 112 valence electrons. The summed E-state index contributed by atoms with van der Waals surface area (Å²) in [5, 5.41) is 10.1. The first-order valence-electron chi connectivity index (χ1n) is 6.73. The zero-order valence-electron chi connectivity index (χ0n) is 12.0. The molecule has 2 aromatic rings. The molecule has 0 aliphatic heterocycles. The molecule has 21 heavy (non-hydrogen) atoms. The number of hydrogen-bond acceptors (Lipinski definition) is 5. The van der Waals surface area contributed by atoms with Crippen molar-refractivity contribution in [2.45, 2.75) is 19.8 Å². The average Bonchev–Trinajstić information content (AvgIpc) is 2.49. The lowest BCUT2D eigenvalue weighted by molar-refractivity contribution is 0.590. The standard InChI is InChI=1S/C14H17F2N5/c1-3-4-8-21(2)12-9-17-20-14(18-12)19-13-10(15)6-5-7-11(13)16/h5-7,9H,3-4,8H2,1-2H3,(H,18,19,20). The molecule has 1 N–H and O–H groups in total. The number of halogens is 2. The van der Waals surface area contributed by atoms with Crippen molar-refractivity contribution in [3.8, 4) is 0 Å². The van der Waals surface area contributed by atoms with Gasteiger partial charge in [0.25, 0.3) is 0 Å².